The van der Waals surface area contributed by atoms with E-state index in [9.17, 15) is 0 Å². The summed E-state index contributed by atoms with van der Waals surface area (Å²) in [6, 6.07) is 0. The molecule has 1 saturated carbocycles. The number of rotatable bonds is 1. The van der Waals surface area contributed by atoms with Gasteiger partial charge >= 0.3 is 0 Å². The van der Waals surface area contributed by atoms with Crippen LogP contribution in [0, 0.1) is 29.8 Å². The molecule has 70 valence electrons. The predicted octanol–water partition coefficient (Wildman–Crippen LogP) is 2.57. The van der Waals surface area contributed by atoms with E-state index in [0.29, 0.717) is 6.10 Å². The summed E-state index contributed by atoms with van der Waals surface area (Å²) in [5, 5.41) is 0. The highest BCUT2D eigenvalue weighted by Gasteiger charge is 2.18. The standard InChI is InChI=1S/C12H16O/c1-3-4-5-10-13-12-8-6-11(2)7-9-12/h11-12H,6-9H2,1-2H3. The minimum atomic E-state index is 0.349. The Morgan fingerprint density at radius 2 is 1.77 bits per heavy atom. The average Bonchev–Trinajstić information content (AvgIpc) is 2.15. The maximum absolute atomic E-state index is 5.37. The van der Waals surface area contributed by atoms with Crippen molar-refractivity contribution in [2.75, 3.05) is 0 Å². The summed E-state index contributed by atoms with van der Waals surface area (Å²) in [4.78, 5) is 0. The summed E-state index contributed by atoms with van der Waals surface area (Å²) >= 11 is 0. The van der Waals surface area contributed by atoms with Crippen molar-refractivity contribution in [3.63, 3.8) is 0 Å². The summed E-state index contributed by atoms with van der Waals surface area (Å²) in [7, 11) is 0. The van der Waals surface area contributed by atoms with Crippen molar-refractivity contribution in [3.05, 3.63) is 0 Å². The first kappa shape index (κ1) is 10.0. The van der Waals surface area contributed by atoms with E-state index in [4.69, 9.17) is 4.74 Å². The highest BCUT2D eigenvalue weighted by molar-refractivity contribution is 5.22. The monoisotopic (exact) mass is 176 g/mol. The summed E-state index contributed by atoms with van der Waals surface area (Å²) in [6.45, 7) is 4.07. The second kappa shape index (κ2) is 5.55. The van der Waals surface area contributed by atoms with Gasteiger partial charge in [-0.2, -0.15) is 0 Å². The Hall–Kier alpha value is -1.08. The van der Waals surface area contributed by atoms with E-state index in [2.05, 4.69) is 30.8 Å². The first-order valence-corrected chi connectivity index (χ1v) is 4.90. The van der Waals surface area contributed by atoms with Gasteiger partial charge in [-0.05, 0) is 44.4 Å². The fourth-order valence-corrected chi connectivity index (χ4v) is 1.55. The fraction of sp³-hybridized carbons (Fsp3) is 0.667. The van der Waals surface area contributed by atoms with E-state index in [1.165, 1.54) is 12.8 Å². The number of ether oxygens (including phenoxy) is 1. The lowest BCUT2D eigenvalue weighted by molar-refractivity contribution is 0.108. The van der Waals surface area contributed by atoms with Gasteiger partial charge in [0.1, 0.15) is 12.2 Å². The number of hydrogen-bond donors (Lipinski definition) is 0. The maximum Gasteiger partial charge on any atom is 0.124 e. The van der Waals surface area contributed by atoms with Gasteiger partial charge in [0.05, 0.1) is 0 Å². The molecular formula is C12H16O. The van der Waals surface area contributed by atoms with Gasteiger partial charge in [0.2, 0.25) is 0 Å². The Morgan fingerprint density at radius 3 is 2.38 bits per heavy atom. The van der Waals surface area contributed by atoms with Crippen molar-refractivity contribution in [2.45, 2.75) is 45.6 Å². The lowest BCUT2D eigenvalue weighted by Gasteiger charge is -2.23. The molecule has 0 aliphatic heterocycles. The molecule has 0 spiro atoms. The molecule has 1 rings (SSSR count). The van der Waals surface area contributed by atoms with E-state index < -0.39 is 0 Å². The molecule has 0 saturated heterocycles. The Bertz CT molecular complexity index is 250. The van der Waals surface area contributed by atoms with E-state index in [-0.39, 0.29) is 0 Å². The molecule has 0 amide bonds. The zero-order chi connectivity index (χ0) is 9.52. The molecule has 0 unspecified atom stereocenters. The van der Waals surface area contributed by atoms with Crippen molar-refractivity contribution in [2.24, 2.45) is 5.92 Å². The van der Waals surface area contributed by atoms with Crippen LogP contribution in [0.1, 0.15) is 39.5 Å². The SMILES string of the molecule is CC#CC#COC1CCC(C)CC1. The van der Waals surface area contributed by atoms with Crippen LogP contribution in [0.2, 0.25) is 0 Å². The van der Waals surface area contributed by atoms with Gasteiger partial charge in [0, 0.05) is 5.92 Å². The molecule has 0 heterocycles. The second-order valence-corrected chi connectivity index (χ2v) is 3.60. The van der Waals surface area contributed by atoms with E-state index >= 15 is 0 Å². The second-order valence-electron chi connectivity index (χ2n) is 3.60. The molecule has 0 bridgehead atoms. The van der Waals surface area contributed by atoms with Crippen LogP contribution >= 0.6 is 0 Å². The van der Waals surface area contributed by atoms with E-state index in [1.807, 2.05) is 0 Å². The third-order valence-corrected chi connectivity index (χ3v) is 2.43. The van der Waals surface area contributed by atoms with Gasteiger partial charge in [-0.15, -0.1) is 0 Å². The van der Waals surface area contributed by atoms with Crippen molar-refractivity contribution in [3.8, 4) is 23.9 Å². The summed E-state index contributed by atoms with van der Waals surface area (Å²) in [5.41, 5.74) is 0. The smallest absolute Gasteiger partial charge is 0.124 e. The molecule has 0 N–H and O–H groups in total. The predicted molar refractivity (Wildman–Crippen MR) is 53.7 cm³/mol. The Kier molecular flexibility index (Phi) is 4.27. The van der Waals surface area contributed by atoms with Crippen molar-refractivity contribution in [1.82, 2.24) is 0 Å². The molecule has 1 aliphatic carbocycles. The molecular weight excluding hydrogens is 160 g/mol. The van der Waals surface area contributed by atoms with Gasteiger partial charge in [-0.1, -0.05) is 12.8 Å². The van der Waals surface area contributed by atoms with Crippen LogP contribution in [0.3, 0.4) is 0 Å². The normalized spacial score (nSPS) is 26.3. The molecule has 0 aromatic carbocycles. The maximum atomic E-state index is 5.37. The minimum Gasteiger partial charge on any atom is -0.443 e. The summed E-state index contributed by atoms with van der Waals surface area (Å²) in [5.74, 6) is 8.89. The minimum absolute atomic E-state index is 0.349. The van der Waals surface area contributed by atoms with Crippen LogP contribution < -0.4 is 0 Å². The molecule has 0 aromatic heterocycles. The third kappa shape index (κ3) is 3.90. The molecule has 0 atom stereocenters. The van der Waals surface area contributed by atoms with Gasteiger partial charge < -0.3 is 4.74 Å². The quantitative estimate of drug-likeness (QED) is 0.558. The lowest BCUT2D eigenvalue weighted by Crippen LogP contribution is -2.18. The molecule has 1 aliphatic rings. The lowest BCUT2D eigenvalue weighted by atomic mass is 9.89. The molecule has 1 nitrogen and oxygen atoms in total. The van der Waals surface area contributed by atoms with Crippen LogP contribution in [0.25, 0.3) is 0 Å². The average molecular weight is 176 g/mol. The zero-order valence-corrected chi connectivity index (χ0v) is 8.39. The highest BCUT2D eigenvalue weighted by atomic mass is 16.5. The first-order valence-electron chi connectivity index (χ1n) is 4.90. The zero-order valence-electron chi connectivity index (χ0n) is 8.39. The third-order valence-electron chi connectivity index (χ3n) is 2.43. The molecule has 1 heteroatoms. The van der Waals surface area contributed by atoms with E-state index in [1.54, 1.807) is 6.92 Å². The van der Waals surface area contributed by atoms with Gasteiger partial charge in [0.15, 0.2) is 0 Å². The van der Waals surface area contributed by atoms with Gasteiger partial charge in [-0.25, -0.2) is 0 Å². The highest BCUT2D eigenvalue weighted by Crippen LogP contribution is 2.25. The number of hydrogen-bond acceptors (Lipinski definition) is 1. The Morgan fingerprint density at radius 1 is 1.08 bits per heavy atom. The first-order chi connectivity index (χ1) is 6.33. The van der Waals surface area contributed by atoms with Crippen LogP contribution in [-0.4, -0.2) is 6.10 Å². The van der Waals surface area contributed by atoms with Crippen LogP contribution in [0.15, 0.2) is 0 Å². The van der Waals surface area contributed by atoms with Crippen LogP contribution in [-0.2, 0) is 4.74 Å². The fourth-order valence-electron chi connectivity index (χ4n) is 1.55. The Balaban J connectivity index is 2.23. The molecule has 0 aromatic rings. The summed E-state index contributed by atoms with van der Waals surface area (Å²) in [6.07, 6.45) is 7.83. The van der Waals surface area contributed by atoms with Gasteiger partial charge in [0.25, 0.3) is 0 Å². The topological polar surface area (TPSA) is 9.23 Å². The molecule has 1 fully saturated rings. The van der Waals surface area contributed by atoms with Crippen molar-refractivity contribution in [1.29, 1.82) is 0 Å². The molecule has 13 heavy (non-hydrogen) atoms. The van der Waals surface area contributed by atoms with Crippen LogP contribution in [0.4, 0.5) is 0 Å². The Labute approximate surface area is 80.9 Å². The van der Waals surface area contributed by atoms with Crippen molar-refractivity contribution >= 4 is 0 Å². The molecule has 0 radical (unpaired) electrons. The van der Waals surface area contributed by atoms with Crippen molar-refractivity contribution < 1.29 is 4.74 Å². The van der Waals surface area contributed by atoms with E-state index in [0.717, 1.165) is 18.8 Å². The largest absolute Gasteiger partial charge is 0.443 e. The summed E-state index contributed by atoms with van der Waals surface area (Å²) < 4.78 is 5.37. The van der Waals surface area contributed by atoms with Gasteiger partial charge in [-0.3, -0.25) is 0 Å². The van der Waals surface area contributed by atoms with Crippen LogP contribution in [0.5, 0.6) is 0 Å².